The van der Waals surface area contributed by atoms with Crippen molar-refractivity contribution in [3.63, 3.8) is 0 Å². The lowest BCUT2D eigenvalue weighted by Gasteiger charge is -2.16. The van der Waals surface area contributed by atoms with E-state index in [0.717, 1.165) is 28.8 Å². The quantitative estimate of drug-likeness (QED) is 0.238. The van der Waals surface area contributed by atoms with Crippen molar-refractivity contribution in [2.75, 3.05) is 13.2 Å². The van der Waals surface area contributed by atoms with E-state index in [1.54, 1.807) is 6.07 Å². The number of benzene rings is 2. The SMILES string of the molecule is CCNC(=NCc1ccc(O)c(OCC)c1)NC(C)c1cc2ccccc2o1.I. The molecule has 7 heteroatoms. The number of rotatable bonds is 7. The number of para-hydroxylation sites is 1. The van der Waals surface area contributed by atoms with Gasteiger partial charge in [0.25, 0.3) is 0 Å². The molecular formula is C22H28IN3O3. The minimum absolute atomic E-state index is 0. The average molecular weight is 509 g/mol. The average Bonchev–Trinajstić information content (AvgIpc) is 3.13. The summed E-state index contributed by atoms with van der Waals surface area (Å²) in [5.74, 6) is 2.17. The van der Waals surface area contributed by atoms with E-state index in [9.17, 15) is 5.11 Å². The van der Waals surface area contributed by atoms with Gasteiger partial charge in [-0.25, -0.2) is 4.99 Å². The van der Waals surface area contributed by atoms with Crippen LogP contribution in [0.1, 0.15) is 38.1 Å². The van der Waals surface area contributed by atoms with E-state index in [2.05, 4.69) is 15.6 Å². The molecule has 1 heterocycles. The van der Waals surface area contributed by atoms with Crippen LogP contribution in [-0.4, -0.2) is 24.2 Å². The van der Waals surface area contributed by atoms with Crippen LogP contribution in [0.25, 0.3) is 11.0 Å². The summed E-state index contributed by atoms with van der Waals surface area (Å²) < 4.78 is 11.4. The van der Waals surface area contributed by atoms with E-state index >= 15 is 0 Å². The first-order valence-electron chi connectivity index (χ1n) is 9.58. The Balaban J connectivity index is 0.00000300. The Morgan fingerprint density at radius 2 is 1.97 bits per heavy atom. The van der Waals surface area contributed by atoms with Crippen LogP contribution in [0.3, 0.4) is 0 Å². The van der Waals surface area contributed by atoms with Crippen molar-refractivity contribution in [2.45, 2.75) is 33.4 Å². The molecule has 0 fully saturated rings. The van der Waals surface area contributed by atoms with Crippen molar-refractivity contribution in [2.24, 2.45) is 4.99 Å². The van der Waals surface area contributed by atoms with Crippen LogP contribution in [0.15, 0.2) is 57.9 Å². The molecule has 0 aliphatic rings. The molecule has 3 rings (SSSR count). The summed E-state index contributed by atoms with van der Waals surface area (Å²) in [7, 11) is 0. The molecule has 2 aromatic carbocycles. The van der Waals surface area contributed by atoms with Crippen molar-refractivity contribution in [3.8, 4) is 11.5 Å². The van der Waals surface area contributed by atoms with Crippen LogP contribution in [0.2, 0.25) is 0 Å². The minimum atomic E-state index is -0.0380. The minimum Gasteiger partial charge on any atom is -0.504 e. The first-order valence-corrected chi connectivity index (χ1v) is 9.58. The predicted octanol–water partition coefficient (Wildman–Crippen LogP) is 4.97. The Bertz CT molecular complexity index is 922. The number of aliphatic imine (C=N–C) groups is 1. The van der Waals surface area contributed by atoms with E-state index < -0.39 is 0 Å². The largest absolute Gasteiger partial charge is 0.504 e. The van der Waals surface area contributed by atoms with Gasteiger partial charge >= 0.3 is 0 Å². The zero-order valence-corrected chi connectivity index (χ0v) is 19.3. The van der Waals surface area contributed by atoms with E-state index in [4.69, 9.17) is 9.15 Å². The lowest BCUT2D eigenvalue weighted by molar-refractivity contribution is 0.318. The number of nitrogens with one attached hydrogen (secondary N) is 2. The Morgan fingerprint density at radius 1 is 1.17 bits per heavy atom. The maximum Gasteiger partial charge on any atom is 0.192 e. The highest BCUT2D eigenvalue weighted by Gasteiger charge is 2.13. The summed E-state index contributed by atoms with van der Waals surface area (Å²) in [4.78, 5) is 4.65. The van der Waals surface area contributed by atoms with Crippen molar-refractivity contribution in [1.29, 1.82) is 0 Å². The Hall–Kier alpha value is -2.42. The normalized spacial score (nSPS) is 12.3. The second-order valence-electron chi connectivity index (χ2n) is 6.48. The van der Waals surface area contributed by atoms with Gasteiger partial charge in [0, 0.05) is 11.9 Å². The van der Waals surface area contributed by atoms with Gasteiger partial charge in [0.1, 0.15) is 11.3 Å². The maximum absolute atomic E-state index is 9.84. The number of fused-ring (bicyclic) bond motifs is 1. The number of aromatic hydroxyl groups is 1. The molecule has 0 amide bonds. The Kier molecular flexibility index (Phi) is 8.63. The molecule has 6 nitrogen and oxygen atoms in total. The fourth-order valence-corrected chi connectivity index (χ4v) is 2.91. The molecule has 29 heavy (non-hydrogen) atoms. The molecule has 0 saturated heterocycles. The fraction of sp³-hybridized carbons (Fsp3) is 0.318. The first-order chi connectivity index (χ1) is 13.6. The number of phenols is 1. The molecule has 0 saturated carbocycles. The molecule has 3 aromatic rings. The van der Waals surface area contributed by atoms with Gasteiger partial charge in [0.2, 0.25) is 0 Å². The van der Waals surface area contributed by atoms with E-state index in [1.165, 1.54) is 0 Å². The molecule has 1 unspecified atom stereocenters. The van der Waals surface area contributed by atoms with Crippen LogP contribution in [0.5, 0.6) is 11.5 Å². The number of hydrogen-bond acceptors (Lipinski definition) is 4. The Morgan fingerprint density at radius 3 is 2.69 bits per heavy atom. The number of halogens is 1. The highest BCUT2D eigenvalue weighted by molar-refractivity contribution is 14.0. The molecule has 0 radical (unpaired) electrons. The lowest BCUT2D eigenvalue weighted by atomic mass is 10.2. The van der Waals surface area contributed by atoms with Gasteiger partial charge < -0.3 is 24.9 Å². The monoisotopic (exact) mass is 509 g/mol. The van der Waals surface area contributed by atoms with Crippen LogP contribution in [0, 0.1) is 0 Å². The van der Waals surface area contributed by atoms with Gasteiger partial charge in [-0.2, -0.15) is 0 Å². The van der Waals surface area contributed by atoms with Gasteiger partial charge in [-0.15, -0.1) is 24.0 Å². The van der Waals surface area contributed by atoms with Crippen molar-refractivity contribution < 1.29 is 14.3 Å². The summed E-state index contributed by atoms with van der Waals surface area (Å²) in [6, 6.07) is 15.3. The lowest BCUT2D eigenvalue weighted by Crippen LogP contribution is -2.38. The summed E-state index contributed by atoms with van der Waals surface area (Å²) in [6.45, 7) is 7.66. The number of hydrogen-bond donors (Lipinski definition) is 3. The third-order valence-electron chi connectivity index (χ3n) is 4.31. The number of furan rings is 1. The second-order valence-corrected chi connectivity index (χ2v) is 6.48. The molecule has 1 aromatic heterocycles. The number of guanidine groups is 1. The van der Waals surface area contributed by atoms with Crippen LogP contribution in [-0.2, 0) is 6.54 Å². The van der Waals surface area contributed by atoms with Crippen molar-refractivity contribution in [1.82, 2.24) is 10.6 Å². The molecule has 156 valence electrons. The van der Waals surface area contributed by atoms with Gasteiger partial charge in [-0.3, -0.25) is 0 Å². The topological polar surface area (TPSA) is 79.0 Å². The first kappa shape index (κ1) is 22.9. The second kappa shape index (κ2) is 10.9. The fourth-order valence-electron chi connectivity index (χ4n) is 2.91. The van der Waals surface area contributed by atoms with Gasteiger partial charge in [-0.1, -0.05) is 24.3 Å². The summed E-state index contributed by atoms with van der Waals surface area (Å²) in [5.41, 5.74) is 1.83. The molecule has 0 spiro atoms. The number of phenolic OH excluding ortho intramolecular Hbond substituents is 1. The maximum atomic E-state index is 9.84. The molecule has 0 aliphatic carbocycles. The smallest absolute Gasteiger partial charge is 0.192 e. The predicted molar refractivity (Wildman–Crippen MR) is 127 cm³/mol. The standard InChI is InChI=1S/C22H27N3O3.HI/c1-4-23-22(24-14-16-10-11-18(26)21(12-16)27-5-2)25-15(3)20-13-17-8-6-7-9-19(17)28-20;/h6-13,15,26H,4-5,14H2,1-3H3,(H2,23,24,25);1H. The summed E-state index contributed by atoms with van der Waals surface area (Å²) in [6.07, 6.45) is 0. The van der Waals surface area contributed by atoms with Crippen molar-refractivity contribution >= 4 is 40.9 Å². The highest BCUT2D eigenvalue weighted by atomic mass is 127. The van der Waals surface area contributed by atoms with Gasteiger partial charge in [0.15, 0.2) is 17.5 Å². The van der Waals surface area contributed by atoms with Crippen molar-refractivity contribution in [3.05, 3.63) is 59.9 Å². The molecule has 1 atom stereocenters. The number of nitrogens with zero attached hydrogens (tertiary/aromatic N) is 1. The molecule has 3 N–H and O–H groups in total. The highest BCUT2D eigenvalue weighted by Crippen LogP contribution is 2.27. The summed E-state index contributed by atoms with van der Waals surface area (Å²) >= 11 is 0. The van der Waals surface area contributed by atoms with Crippen LogP contribution >= 0.6 is 24.0 Å². The van der Waals surface area contributed by atoms with Gasteiger partial charge in [-0.05, 0) is 50.6 Å². The van der Waals surface area contributed by atoms with E-state index in [-0.39, 0.29) is 35.8 Å². The van der Waals surface area contributed by atoms with Crippen LogP contribution in [0.4, 0.5) is 0 Å². The van der Waals surface area contributed by atoms with Gasteiger partial charge in [0.05, 0.1) is 19.2 Å². The number of ether oxygens (including phenoxy) is 1. The molecular weight excluding hydrogens is 481 g/mol. The van der Waals surface area contributed by atoms with E-state index in [0.29, 0.717) is 24.9 Å². The van der Waals surface area contributed by atoms with Crippen LogP contribution < -0.4 is 15.4 Å². The summed E-state index contributed by atoms with van der Waals surface area (Å²) in [5, 5.41) is 17.6. The molecule has 0 bridgehead atoms. The zero-order chi connectivity index (χ0) is 19.9. The third-order valence-corrected chi connectivity index (χ3v) is 4.31. The van der Waals surface area contributed by atoms with E-state index in [1.807, 2.05) is 63.2 Å². The zero-order valence-electron chi connectivity index (χ0n) is 16.9. The Labute approximate surface area is 188 Å². The third kappa shape index (κ3) is 6.03. The molecule has 0 aliphatic heterocycles.